The van der Waals surface area contributed by atoms with Crippen molar-refractivity contribution in [1.29, 1.82) is 0 Å². The van der Waals surface area contributed by atoms with Gasteiger partial charge in [0, 0.05) is 0 Å². The molecule has 46 heavy (non-hydrogen) atoms. The van der Waals surface area contributed by atoms with Crippen molar-refractivity contribution < 1.29 is 28.5 Å². The third kappa shape index (κ3) is 10.5. The van der Waals surface area contributed by atoms with Crippen molar-refractivity contribution in [3.8, 4) is 23.0 Å². The zero-order chi connectivity index (χ0) is 33.1. The molecule has 0 radical (unpaired) electrons. The summed E-state index contributed by atoms with van der Waals surface area (Å²) in [5, 5.41) is 12.0. The van der Waals surface area contributed by atoms with Crippen molar-refractivity contribution in [3.63, 3.8) is 0 Å². The summed E-state index contributed by atoms with van der Waals surface area (Å²) >= 11 is 6.30. The third-order valence-corrected chi connectivity index (χ3v) is 14.2. The van der Waals surface area contributed by atoms with Crippen molar-refractivity contribution >= 4 is 98.9 Å². The Bertz CT molecular complexity index is 1550. The Labute approximate surface area is 294 Å². The van der Waals surface area contributed by atoms with Crippen LogP contribution in [0.4, 0.5) is 11.4 Å². The standard InChI is InChI=1S/C32H30N4O6Se4/c1-39-23-13-19(14-24(17-23)40-2)29(37)35-31(43)33-21-5-9-27(10-6-21)45-46-28-11-7-22(8-12-28)34-32(44)36-30(38)20-15-25(41-3)18-26(16-20)42-4/h5-18H,1-4H3,(H2,33,35,37,43)(H2,34,36,38,44). The van der Waals surface area contributed by atoms with Crippen LogP contribution in [0.3, 0.4) is 0 Å². The number of rotatable bonds is 15. The molecule has 0 fully saturated rings. The summed E-state index contributed by atoms with van der Waals surface area (Å²) in [6, 6.07) is 26.3. The van der Waals surface area contributed by atoms with E-state index < -0.39 is 0 Å². The van der Waals surface area contributed by atoms with E-state index >= 15 is 0 Å². The summed E-state index contributed by atoms with van der Waals surface area (Å²) in [6.07, 6.45) is 0. The van der Waals surface area contributed by atoms with Gasteiger partial charge in [0.05, 0.1) is 0 Å². The zero-order valence-corrected chi connectivity index (χ0v) is 32.0. The molecule has 10 nitrogen and oxygen atoms in total. The first-order valence-electron chi connectivity index (χ1n) is 13.4. The van der Waals surface area contributed by atoms with E-state index in [9.17, 15) is 9.59 Å². The molecule has 0 aromatic heterocycles. The van der Waals surface area contributed by atoms with Crippen LogP contribution in [-0.2, 0) is 0 Å². The van der Waals surface area contributed by atoms with Crippen LogP contribution in [-0.4, -0.2) is 107 Å². The van der Waals surface area contributed by atoms with Gasteiger partial charge in [-0.25, -0.2) is 0 Å². The molecule has 0 bridgehead atoms. The molecule has 0 aliphatic rings. The minimum absolute atomic E-state index is 0.284. The molecule has 0 heterocycles. The number of carbonyl (C=O) groups excluding carboxylic acids is 2. The second-order valence-electron chi connectivity index (χ2n) is 9.23. The topological polar surface area (TPSA) is 119 Å². The number of hydrogen-bond donors (Lipinski definition) is 4. The molecular weight excluding hydrogens is 852 g/mol. The van der Waals surface area contributed by atoms with E-state index in [2.05, 4.69) is 76.7 Å². The Kier molecular flexibility index (Phi) is 13.3. The van der Waals surface area contributed by atoms with E-state index in [1.54, 1.807) is 36.4 Å². The number of amides is 2. The van der Waals surface area contributed by atoms with Crippen molar-refractivity contribution in [2.75, 3.05) is 39.1 Å². The van der Waals surface area contributed by atoms with Gasteiger partial charge in [0.2, 0.25) is 0 Å². The van der Waals surface area contributed by atoms with Crippen LogP contribution in [0.25, 0.3) is 0 Å². The molecule has 0 aliphatic carbocycles. The van der Waals surface area contributed by atoms with Gasteiger partial charge in [-0.15, -0.1) is 0 Å². The van der Waals surface area contributed by atoms with E-state index in [1.165, 1.54) is 37.4 Å². The Morgan fingerprint density at radius 3 is 1.11 bits per heavy atom. The van der Waals surface area contributed by atoms with Gasteiger partial charge < -0.3 is 0 Å². The third-order valence-electron chi connectivity index (χ3n) is 6.14. The molecule has 0 unspecified atom stereocenters. The molecule has 0 saturated carbocycles. The van der Waals surface area contributed by atoms with Gasteiger partial charge in [-0.05, 0) is 0 Å². The van der Waals surface area contributed by atoms with Crippen LogP contribution < -0.4 is 49.1 Å². The van der Waals surface area contributed by atoms with Crippen LogP contribution >= 0.6 is 0 Å². The van der Waals surface area contributed by atoms with Crippen molar-refractivity contribution in [2.24, 2.45) is 0 Å². The first-order chi connectivity index (χ1) is 22.2. The SMILES string of the molecule is COc1cc(OC)cc(C(=O)NC(=[Se])Nc2ccc([Se][Se]c3ccc(NC(=[Se])NC(=O)c4cc(OC)cc(OC)c4)cc3)cc2)c1. The van der Waals surface area contributed by atoms with Gasteiger partial charge in [-0.3, -0.25) is 0 Å². The van der Waals surface area contributed by atoms with Crippen LogP contribution in [0.1, 0.15) is 20.7 Å². The van der Waals surface area contributed by atoms with Gasteiger partial charge in [0.25, 0.3) is 0 Å². The molecule has 0 aliphatic heterocycles. The maximum atomic E-state index is 12.7. The number of ether oxygens (including phenoxy) is 4. The molecule has 238 valence electrons. The number of nitrogens with one attached hydrogen (secondary N) is 4. The Morgan fingerprint density at radius 2 is 0.826 bits per heavy atom. The van der Waals surface area contributed by atoms with Crippen molar-refractivity contribution in [1.82, 2.24) is 10.6 Å². The quantitative estimate of drug-likeness (QED) is 0.132. The first kappa shape index (κ1) is 35.3. The number of carbonyl (C=O) groups is 2. The molecule has 4 aromatic carbocycles. The summed E-state index contributed by atoms with van der Waals surface area (Å²) < 4.78 is 24.5. The Balaban J connectivity index is 1.23. The van der Waals surface area contributed by atoms with Gasteiger partial charge in [0.15, 0.2) is 0 Å². The van der Waals surface area contributed by atoms with Gasteiger partial charge in [-0.2, -0.15) is 0 Å². The van der Waals surface area contributed by atoms with Gasteiger partial charge >= 0.3 is 296 Å². The number of hydrogen-bond acceptors (Lipinski definition) is 8. The van der Waals surface area contributed by atoms with E-state index in [4.69, 9.17) is 18.9 Å². The normalized spacial score (nSPS) is 10.3. The molecule has 2 amide bonds. The molecule has 4 N–H and O–H groups in total. The molecule has 0 spiro atoms. The fourth-order valence-corrected chi connectivity index (χ4v) is 10.7. The molecule has 14 heteroatoms. The van der Waals surface area contributed by atoms with Crippen LogP contribution in [0.5, 0.6) is 23.0 Å². The number of benzene rings is 4. The van der Waals surface area contributed by atoms with E-state index in [0.29, 0.717) is 43.5 Å². The monoisotopic (exact) mass is 886 g/mol. The molecule has 0 atom stereocenters. The average Bonchev–Trinajstić information content (AvgIpc) is 3.07. The van der Waals surface area contributed by atoms with Crippen molar-refractivity contribution in [2.45, 2.75) is 0 Å². The number of methoxy groups -OCH3 is 4. The fraction of sp³-hybridized carbons (Fsp3) is 0.125. The van der Waals surface area contributed by atoms with E-state index in [1.807, 2.05) is 24.3 Å². The maximum absolute atomic E-state index is 12.7. The zero-order valence-electron chi connectivity index (χ0n) is 25.2. The van der Waals surface area contributed by atoms with Gasteiger partial charge in [-0.1, -0.05) is 0 Å². The summed E-state index contributed by atoms with van der Waals surface area (Å²) in [5.41, 5.74) is 2.53. The fourth-order valence-electron chi connectivity index (χ4n) is 3.84. The van der Waals surface area contributed by atoms with E-state index in [-0.39, 0.29) is 38.1 Å². The molecular formula is C32H30N4O6Se4. The first-order valence-corrected chi connectivity index (χ1v) is 21.2. The summed E-state index contributed by atoms with van der Waals surface area (Å²) in [6.45, 7) is 0. The summed E-state index contributed by atoms with van der Waals surface area (Å²) in [4.78, 5) is 25.5. The molecule has 4 aromatic rings. The van der Waals surface area contributed by atoms with Gasteiger partial charge in [0.1, 0.15) is 0 Å². The molecule has 0 saturated heterocycles. The van der Waals surface area contributed by atoms with Crippen molar-refractivity contribution in [3.05, 3.63) is 96.1 Å². The summed E-state index contributed by atoms with van der Waals surface area (Å²) in [5.74, 6) is 1.54. The predicted octanol–water partition coefficient (Wildman–Crippen LogP) is 1.19. The summed E-state index contributed by atoms with van der Waals surface area (Å²) in [7, 11) is 6.15. The second-order valence-corrected chi connectivity index (χ2v) is 17.3. The minimum atomic E-state index is -0.299. The second kappa shape index (κ2) is 17.4. The van der Waals surface area contributed by atoms with E-state index in [0.717, 1.165) is 11.4 Å². The average molecular weight is 882 g/mol. The van der Waals surface area contributed by atoms with Crippen LogP contribution in [0, 0.1) is 0 Å². The van der Waals surface area contributed by atoms with Crippen LogP contribution in [0.2, 0.25) is 0 Å². The number of anilines is 2. The Hall–Kier alpha value is -3.56. The Morgan fingerprint density at radius 1 is 0.522 bits per heavy atom. The van der Waals surface area contributed by atoms with Crippen LogP contribution in [0.15, 0.2) is 84.9 Å². The predicted molar refractivity (Wildman–Crippen MR) is 186 cm³/mol. The molecule has 4 rings (SSSR count).